The van der Waals surface area contributed by atoms with E-state index in [-0.39, 0.29) is 17.8 Å². The molecule has 4 N–H and O–H groups in total. The maximum atomic E-state index is 13.1. The van der Waals surface area contributed by atoms with Crippen LogP contribution in [0.2, 0.25) is 0 Å². The van der Waals surface area contributed by atoms with E-state index in [1.165, 1.54) is 11.1 Å². The number of fused-ring (bicyclic) bond motifs is 5. The number of rotatable bonds is 1. The van der Waals surface area contributed by atoms with Gasteiger partial charge in [-0.25, -0.2) is 14.7 Å². The van der Waals surface area contributed by atoms with Gasteiger partial charge in [0.1, 0.15) is 17.5 Å². The van der Waals surface area contributed by atoms with Crippen molar-refractivity contribution in [3.8, 4) is 11.5 Å². The molecule has 2 heterocycles. The van der Waals surface area contributed by atoms with Gasteiger partial charge < -0.3 is 20.7 Å². The first-order valence-electron chi connectivity index (χ1n) is 8.72. The number of hydrogen-bond acceptors (Lipinski definition) is 6. The molecule has 0 aliphatic carbocycles. The van der Waals surface area contributed by atoms with Crippen LogP contribution in [0.4, 0.5) is 18.9 Å². The molecule has 160 valence electrons. The van der Waals surface area contributed by atoms with Gasteiger partial charge in [-0.05, 0) is 24.3 Å². The van der Waals surface area contributed by atoms with E-state index in [9.17, 15) is 13.2 Å². The lowest BCUT2D eigenvalue weighted by Gasteiger charge is -2.24. The van der Waals surface area contributed by atoms with E-state index in [0.717, 1.165) is 17.7 Å². The van der Waals surface area contributed by atoms with Crippen molar-refractivity contribution < 1.29 is 42.5 Å². The van der Waals surface area contributed by atoms with Gasteiger partial charge in [-0.15, -0.1) is 0 Å². The number of nitrogens with two attached hydrogens (primary N) is 1. The van der Waals surface area contributed by atoms with Crippen LogP contribution in [0, 0.1) is 0 Å². The van der Waals surface area contributed by atoms with Crippen LogP contribution in [-0.4, -0.2) is 34.8 Å². The summed E-state index contributed by atoms with van der Waals surface area (Å²) >= 11 is 0. The number of carbonyl (C=O) groups is 2. The van der Waals surface area contributed by atoms with Crippen molar-refractivity contribution >= 4 is 17.6 Å². The Bertz CT molecular complexity index is 954. The molecule has 2 aliphatic heterocycles. The quantitative estimate of drug-likeness (QED) is 0.595. The van der Waals surface area contributed by atoms with Gasteiger partial charge in [0.05, 0.1) is 11.6 Å². The Labute approximate surface area is 168 Å². The zero-order chi connectivity index (χ0) is 22.1. The van der Waals surface area contributed by atoms with Crippen LogP contribution in [0.15, 0.2) is 42.5 Å². The molecule has 2 atom stereocenters. The van der Waals surface area contributed by atoms with Crippen LogP contribution in [0.3, 0.4) is 0 Å². The maximum Gasteiger partial charge on any atom is 0.416 e. The van der Waals surface area contributed by atoms with E-state index in [1.54, 1.807) is 6.07 Å². The summed E-state index contributed by atoms with van der Waals surface area (Å²) in [6.45, 7) is 0.296. The van der Waals surface area contributed by atoms with E-state index in [1.807, 2.05) is 18.2 Å². The molecule has 11 heteroatoms. The summed E-state index contributed by atoms with van der Waals surface area (Å²) in [6.07, 6.45) is -4.09. The summed E-state index contributed by atoms with van der Waals surface area (Å²) in [5.41, 5.74) is 6.10. The molecule has 1 saturated heterocycles. The average molecular weight is 426 g/mol. The number of carboxylic acid groups (broad SMARTS) is 2. The van der Waals surface area contributed by atoms with Crippen molar-refractivity contribution in [1.82, 2.24) is 0 Å². The molecule has 2 aromatic carbocycles. The second-order valence-corrected chi connectivity index (χ2v) is 6.47. The molecular weight excluding hydrogens is 409 g/mol. The van der Waals surface area contributed by atoms with Gasteiger partial charge >= 0.3 is 18.1 Å². The molecule has 30 heavy (non-hydrogen) atoms. The van der Waals surface area contributed by atoms with Crippen LogP contribution in [0.1, 0.15) is 23.6 Å². The fraction of sp³-hybridized carbons (Fsp3) is 0.263. The highest BCUT2D eigenvalue weighted by atomic mass is 19.4. The number of hydrogen-bond donors (Lipinski definition) is 3. The topological polar surface area (TPSA) is 122 Å². The molecular formula is C19H17F3N2O6. The lowest BCUT2D eigenvalue weighted by atomic mass is 10.0. The molecule has 1 fully saturated rings. The number of benzene rings is 2. The predicted octanol–water partition coefficient (Wildman–Crippen LogP) is 3.18. The highest BCUT2D eigenvalue weighted by Crippen LogP contribution is 2.50. The van der Waals surface area contributed by atoms with E-state index >= 15 is 0 Å². The number of aliphatic carboxylic acids is 2. The molecule has 0 bridgehead atoms. The molecule has 2 unspecified atom stereocenters. The summed E-state index contributed by atoms with van der Waals surface area (Å²) in [5.74, 6) is -2.70. The van der Waals surface area contributed by atoms with E-state index in [4.69, 9.17) is 35.1 Å². The Morgan fingerprint density at radius 3 is 2.37 bits per heavy atom. The molecule has 2 aliphatic rings. The third-order valence-electron chi connectivity index (χ3n) is 4.50. The largest absolute Gasteiger partial charge is 0.473 e. The SMILES string of the molecule is NCC1CC2c3ccccc3Oc3ccc(C(F)(F)F)cc3N2O1.O=C(O)C(=O)O. The van der Waals surface area contributed by atoms with Crippen molar-refractivity contribution in [2.24, 2.45) is 5.73 Å². The molecule has 4 rings (SSSR count). The number of nitrogens with zero attached hydrogens (tertiary/aromatic N) is 1. The van der Waals surface area contributed by atoms with Crippen LogP contribution in [0.25, 0.3) is 0 Å². The Morgan fingerprint density at radius 1 is 1.10 bits per heavy atom. The minimum atomic E-state index is -4.43. The van der Waals surface area contributed by atoms with E-state index in [2.05, 4.69) is 0 Å². The third kappa shape index (κ3) is 4.31. The highest BCUT2D eigenvalue weighted by molar-refractivity contribution is 6.27. The van der Waals surface area contributed by atoms with Crippen molar-refractivity contribution in [1.29, 1.82) is 0 Å². The fourth-order valence-electron chi connectivity index (χ4n) is 3.16. The van der Waals surface area contributed by atoms with Crippen LogP contribution in [0.5, 0.6) is 11.5 Å². The zero-order valence-corrected chi connectivity index (χ0v) is 15.3. The number of carboxylic acids is 2. The summed E-state index contributed by atoms with van der Waals surface area (Å²) < 4.78 is 45.1. The lowest BCUT2D eigenvalue weighted by molar-refractivity contribution is -0.159. The van der Waals surface area contributed by atoms with Gasteiger partial charge in [-0.1, -0.05) is 18.2 Å². The number of halogens is 3. The standard InChI is InChI=1S/C17H15F3N2O2.C2H2O4/c18-17(19,20)10-5-6-16-14(7-10)22-13(8-11(9-21)24-22)12-3-1-2-4-15(12)23-16;3-1(4)2(5)6/h1-7,11,13H,8-9,21H2;(H,3,4)(H,5,6). The van der Waals surface area contributed by atoms with Crippen LogP contribution in [-0.2, 0) is 20.6 Å². The Hall–Kier alpha value is -3.31. The van der Waals surface area contributed by atoms with E-state index < -0.39 is 23.7 Å². The number of para-hydroxylation sites is 1. The summed E-state index contributed by atoms with van der Waals surface area (Å²) in [6, 6.07) is 10.6. The number of alkyl halides is 3. The normalized spacial score (nSPS) is 19.3. The second kappa shape index (κ2) is 8.20. The molecule has 0 amide bonds. The first-order chi connectivity index (χ1) is 14.1. The molecule has 8 nitrogen and oxygen atoms in total. The van der Waals surface area contributed by atoms with Crippen LogP contribution >= 0.6 is 0 Å². The second-order valence-electron chi connectivity index (χ2n) is 6.47. The maximum absolute atomic E-state index is 13.1. The first kappa shape index (κ1) is 21.4. The van der Waals surface area contributed by atoms with Gasteiger partial charge in [-0.2, -0.15) is 13.2 Å². The minimum absolute atomic E-state index is 0.237. The van der Waals surface area contributed by atoms with Gasteiger partial charge in [-0.3, -0.25) is 4.84 Å². The molecule has 0 radical (unpaired) electrons. The summed E-state index contributed by atoms with van der Waals surface area (Å²) in [5, 5.41) is 16.3. The van der Waals surface area contributed by atoms with Crippen molar-refractivity contribution in [3.05, 3.63) is 53.6 Å². The lowest BCUT2D eigenvalue weighted by Crippen LogP contribution is -2.24. The molecule has 2 aromatic rings. The fourth-order valence-corrected chi connectivity index (χ4v) is 3.16. The smallest absolute Gasteiger partial charge is 0.416 e. The van der Waals surface area contributed by atoms with Gasteiger partial charge in [0.2, 0.25) is 0 Å². The van der Waals surface area contributed by atoms with Crippen molar-refractivity contribution in [3.63, 3.8) is 0 Å². The van der Waals surface area contributed by atoms with Gasteiger partial charge in [0.15, 0.2) is 5.75 Å². The Morgan fingerprint density at radius 2 is 1.77 bits per heavy atom. The number of hydroxylamine groups is 1. The van der Waals surface area contributed by atoms with E-state index in [0.29, 0.717) is 24.5 Å². The first-order valence-corrected chi connectivity index (χ1v) is 8.72. The van der Waals surface area contributed by atoms with Gasteiger partial charge in [0.25, 0.3) is 0 Å². The van der Waals surface area contributed by atoms with Crippen LogP contribution < -0.4 is 15.5 Å². The summed E-state index contributed by atoms with van der Waals surface area (Å²) in [4.78, 5) is 24.0. The predicted molar refractivity (Wildman–Crippen MR) is 97.0 cm³/mol. The monoisotopic (exact) mass is 426 g/mol. The Kier molecular flexibility index (Phi) is 5.85. The minimum Gasteiger partial charge on any atom is -0.473 e. The Balaban J connectivity index is 0.000000377. The number of anilines is 1. The number of ether oxygens (including phenoxy) is 1. The molecule has 0 aromatic heterocycles. The zero-order valence-electron chi connectivity index (χ0n) is 15.3. The molecule has 0 spiro atoms. The molecule has 0 saturated carbocycles. The average Bonchev–Trinajstić information content (AvgIpc) is 3.07. The van der Waals surface area contributed by atoms with Gasteiger partial charge in [0, 0.05) is 18.5 Å². The van der Waals surface area contributed by atoms with Crippen molar-refractivity contribution in [2.75, 3.05) is 11.6 Å². The third-order valence-corrected chi connectivity index (χ3v) is 4.50. The van der Waals surface area contributed by atoms with Crippen molar-refractivity contribution in [2.45, 2.75) is 24.7 Å². The highest BCUT2D eigenvalue weighted by Gasteiger charge is 2.41. The summed E-state index contributed by atoms with van der Waals surface area (Å²) in [7, 11) is 0.